The summed E-state index contributed by atoms with van der Waals surface area (Å²) in [5, 5.41) is 1.20. The number of aldehydes is 1. The monoisotopic (exact) mass is 450 g/mol. The number of H-pyrrole nitrogens is 1. The number of aromatic nitrogens is 1. The first-order valence-corrected chi connectivity index (χ1v) is 11.2. The summed E-state index contributed by atoms with van der Waals surface area (Å²) < 4.78 is 11.1. The van der Waals surface area contributed by atoms with Gasteiger partial charge in [-0.25, -0.2) is 0 Å². The summed E-state index contributed by atoms with van der Waals surface area (Å²) in [6.07, 6.45) is 4.96. The second-order valence-corrected chi connectivity index (χ2v) is 8.48. The number of amides is 1. The molecule has 6 heteroatoms. The van der Waals surface area contributed by atoms with E-state index in [9.17, 15) is 9.59 Å². The quantitative estimate of drug-likeness (QED) is 0.355. The van der Waals surface area contributed by atoms with Gasteiger partial charge in [-0.1, -0.05) is 48.5 Å². The Labute approximate surface area is 196 Å². The number of hydrogen-bond acceptors (Lipinski definition) is 4. The molecule has 1 amide bonds. The molecule has 1 atom stereocenters. The number of rotatable bonds is 4. The number of para-hydroxylation sites is 1. The summed E-state index contributed by atoms with van der Waals surface area (Å²) >= 11 is 0. The van der Waals surface area contributed by atoms with Gasteiger partial charge in [-0.2, -0.15) is 0 Å². The minimum absolute atomic E-state index is 0.0774. The number of nitrogens with one attached hydrogen (secondary N) is 1. The standard InChI is InChI=1S/C28H22N2O4/c31-16-19-7-5-18(6-8-19)9-12-26(32)30-14-13-22-21-3-1-2-4-23(21)29-27(22)28(30)20-10-11-24-25(15-20)34-17-33-24/h1-12,15-16,28-29H,13-14,17H2/b12-9+. The van der Waals surface area contributed by atoms with Gasteiger partial charge in [-0.15, -0.1) is 0 Å². The van der Waals surface area contributed by atoms with E-state index in [1.165, 1.54) is 10.9 Å². The van der Waals surface area contributed by atoms with Crippen LogP contribution in [0.3, 0.4) is 0 Å². The minimum atomic E-state index is -0.278. The molecule has 6 rings (SSSR count). The molecule has 2 aliphatic rings. The molecule has 0 spiro atoms. The summed E-state index contributed by atoms with van der Waals surface area (Å²) in [5.74, 6) is 1.33. The van der Waals surface area contributed by atoms with Crippen molar-refractivity contribution in [1.29, 1.82) is 0 Å². The van der Waals surface area contributed by atoms with Crippen LogP contribution in [0.2, 0.25) is 0 Å². The van der Waals surface area contributed by atoms with E-state index in [1.54, 1.807) is 24.3 Å². The van der Waals surface area contributed by atoms with Crippen molar-refractivity contribution in [3.63, 3.8) is 0 Å². The van der Waals surface area contributed by atoms with Crippen LogP contribution in [0.5, 0.6) is 11.5 Å². The number of ether oxygens (including phenoxy) is 2. The summed E-state index contributed by atoms with van der Waals surface area (Å²) in [6, 6.07) is 21.0. The predicted octanol–water partition coefficient (Wildman–Crippen LogP) is 4.90. The highest BCUT2D eigenvalue weighted by atomic mass is 16.7. The molecule has 1 N–H and O–H groups in total. The largest absolute Gasteiger partial charge is 0.454 e. The van der Waals surface area contributed by atoms with Crippen molar-refractivity contribution in [2.24, 2.45) is 0 Å². The van der Waals surface area contributed by atoms with Crippen molar-refractivity contribution in [3.8, 4) is 11.5 Å². The second-order valence-electron chi connectivity index (χ2n) is 8.48. The van der Waals surface area contributed by atoms with E-state index in [0.29, 0.717) is 23.6 Å². The van der Waals surface area contributed by atoms with Crippen LogP contribution in [0.1, 0.15) is 38.8 Å². The zero-order chi connectivity index (χ0) is 23.1. The Morgan fingerprint density at radius 2 is 1.76 bits per heavy atom. The van der Waals surface area contributed by atoms with Gasteiger partial charge < -0.3 is 19.4 Å². The van der Waals surface area contributed by atoms with Crippen molar-refractivity contribution < 1.29 is 19.1 Å². The maximum atomic E-state index is 13.5. The summed E-state index contributed by atoms with van der Waals surface area (Å²) in [6.45, 7) is 0.802. The second kappa shape index (κ2) is 8.23. The lowest BCUT2D eigenvalue weighted by Crippen LogP contribution is -2.39. The first-order chi connectivity index (χ1) is 16.7. The molecule has 0 bridgehead atoms. The van der Waals surface area contributed by atoms with Crippen LogP contribution in [-0.4, -0.2) is 35.4 Å². The number of benzene rings is 3. The average molecular weight is 450 g/mol. The molecule has 1 unspecified atom stereocenters. The maximum Gasteiger partial charge on any atom is 0.247 e. The van der Waals surface area contributed by atoms with E-state index >= 15 is 0 Å². The van der Waals surface area contributed by atoms with E-state index in [-0.39, 0.29) is 18.7 Å². The molecule has 3 heterocycles. The van der Waals surface area contributed by atoms with Gasteiger partial charge in [0.1, 0.15) is 6.29 Å². The van der Waals surface area contributed by atoms with Crippen LogP contribution >= 0.6 is 0 Å². The van der Waals surface area contributed by atoms with Gasteiger partial charge in [0.2, 0.25) is 12.7 Å². The van der Waals surface area contributed by atoms with E-state index in [2.05, 4.69) is 17.1 Å². The third-order valence-electron chi connectivity index (χ3n) is 6.52. The van der Waals surface area contributed by atoms with E-state index < -0.39 is 0 Å². The molecular weight excluding hydrogens is 428 g/mol. The molecule has 0 saturated heterocycles. The number of carbonyl (C=O) groups excluding carboxylic acids is 2. The SMILES string of the molecule is O=Cc1ccc(/C=C/C(=O)N2CCc3c([nH]c4ccccc34)C2c2ccc3c(c2)OCO3)cc1. The first kappa shape index (κ1) is 20.3. The molecule has 168 valence electrons. The highest BCUT2D eigenvalue weighted by Crippen LogP contribution is 2.42. The first-order valence-electron chi connectivity index (χ1n) is 11.2. The fourth-order valence-corrected chi connectivity index (χ4v) is 4.86. The molecule has 0 saturated carbocycles. The molecule has 4 aromatic rings. The summed E-state index contributed by atoms with van der Waals surface area (Å²) in [4.78, 5) is 29.8. The van der Waals surface area contributed by atoms with E-state index in [4.69, 9.17) is 9.47 Å². The zero-order valence-electron chi connectivity index (χ0n) is 18.4. The number of hydrogen-bond donors (Lipinski definition) is 1. The number of aromatic amines is 1. The Balaban J connectivity index is 1.40. The van der Waals surface area contributed by atoms with Crippen molar-refractivity contribution in [2.75, 3.05) is 13.3 Å². The third-order valence-corrected chi connectivity index (χ3v) is 6.52. The number of fused-ring (bicyclic) bond motifs is 4. The fourth-order valence-electron chi connectivity index (χ4n) is 4.86. The molecule has 1 aromatic heterocycles. The van der Waals surface area contributed by atoms with Crippen LogP contribution in [-0.2, 0) is 11.2 Å². The van der Waals surface area contributed by atoms with Gasteiger partial charge in [0, 0.05) is 34.8 Å². The Kier molecular flexibility index (Phi) is 4.91. The van der Waals surface area contributed by atoms with E-state index in [1.807, 2.05) is 47.4 Å². The van der Waals surface area contributed by atoms with Crippen LogP contribution in [0, 0.1) is 0 Å². The summed E-state index contributed by atoms with van der Waals surface area (Å²) in [5.41, 5.74) is 5.78. The Morgan fingerprint density at radius 3 is 2.62 bits per heavy atom. The minimum Gasteiger partial charge on any atom is -0.454 e. The Bertz CT molecular complexity index is 1430. The van der Waals surface area contributed by atoms with Crippen LogP contribution < -0.4 is 9.47 Å². The number of carbonyl (C=O) groups is 2. The third kappa shape index (κ3) is 3.44. The highest BCUT2D eigenvalue weighted by molar-refractivity contribution is 5.93. The van der Waals surface area contributed by atoms with Crippen molar-refractivity contribution in [1.82, 2.24) is 9.88 Å². The van der Waals surface area contributed by atoms with Crippen molar-refractivity contribution in [3.05, 3.63) is 101 Å². The molecule has 34 heavy (non-hydrogen) atoms. The Hall–Kier alpha value is -4.32. The molecule has 0 radical (unpaired) electrons. The van der Waals surface area contributed by atoms with Gasteiger partial charge in [0.05, 0.1) is 6.04 Å². The van der Waals surface area contributed by atoms with Gasteiger partial charge in [-0.05, 0) is 47.4 Å². The topological polar surface area (TPSA) is 71.6 Å². The van der Waals surface area contributed by atoms with Gasteiger partial charge in [0.15, 0.2) is 11.5 Å². The maximum absolute atomic E-state index is 13.5. The lowest BCUT2D eigenvalue weighted by molar-refractivity contribution is -0.128. The molecule has 0 fully saturated rings. The molecular formula is C28H22N2O4. The van der Waals surface area contributed by atoms with Crippen LogP contribution in [0.4, 0.5) is 0 Å². The lowest BCUT2D eigenvalue weighted by atomic mass is 9.92. The Morgan fingerprint density at radius 1 is 0.971 bits per heavy atom. The van der Waals surface area contributed by atoms with E-state index in [0.717, 1.165) is 35.0 Å². The fraction of sp³-hybridized carbons (Fsp3) is 0.143. The van der Waals surface area contributed by atoms with Crippen molar-refractivity contribution >= 4 is 29.2 Å². The number of nitrogens with zero attached hydrogens (tertiary/aromatic N) is 1. The smallest absolute Gasteiger partial charge is 0.247 e. The van der Waals surface area contributed by atoms with Crippen LogP contribution in [0.15, 0.2) is 72.8 Å². The molecule has 6 nitrogen and oxygen atoms in total. The van der Waals surface area contributed by atoms with Gasteiger partial charge >= 0.3 is 0 Å². The molecule has 3 aromatic carbocycles. The highest BCUT2D eigenvalue weighted by Gasteiger charge is 2.34. The van der Waals surface area contributed by atoms with Gasteiger partial charge in [0.25, 0.3) is 0 Å². The predicted molar refractivity (Wildman–Crippen MR) is 129 cm³/mol. The average Bonchev–Trinajstić information content (AvgIpc) is 3.51. The molecule has 2 aliphatic heterocycles. The lowest BCUT2D eigenvalue weighted by Gasteiger charge is -2.35. The summed E-state index contributed by atoms with van der Waals surface area (Å²) in [7, 11) is 0. The van der Waals surface area contributed by atoms with Gasteiger partial charge in [-0.3, -0.25) is 9.59 Å². The normalized spacial score (nSPS) is 16.7. The van der Waals surface area contributed by atoms with Crippen LogP contribution in [0.25, 0.3) is 17.0 Å². The van der Waals surface area contributed by atoms with Crippen molar-refractivity contribution in [2.45, 2.75) is 12.5 Å². The molecule has 0 aliphatic carbocycles. The zero-order valence-corrected chi connectivity index (χ0v) is 18.4.